The van der Waals surface area contributed by atoms with Crippen LogP contribution in [-0.2, 0) is 16.1 Å². The maximum absolute atomic E-state index is 11.4. The van der Waals surface area contributed by atoms with Gasteiger partial charge in [-0.2, -0.15) is 0 Å². The normalized spacial score (nSPS) is 16.6. The topological polar surface area (TPSA) is 43.3 Å². The second kappa shape index (κ2) is 6.05. The van der Waals surface area contributed by atoms with Gasteiger partial charge < -0.3 is 14.6 Å². The summed E-state index contributed by atoms with van der Waals surface area (Å²) in [6.45, 7) is 5.68. The van der Waals surface area contributed by atoms with Crippen LogP contribution in [0.3, 0.4) is 0 Å². The molecular weight excluding hydrogens is 228 g/mol. The Kier molecular flexibility index (Phi) is 4.42. The maximum atomic E-state index is 11.4. The van der Waals surface area contributed by atoms with Gasteiger partial charge in [0.1, 0.15) is 6.54 Å². The second-order valence-electron chi connectivity index (χ2n) is 4.79. The SMILES string of the molecule is CCNC(c1ccn(CC(=O)OCC)c1)C1CC1. The zero-order valence-electron chi connectivity index (χ0n) is 11.2. The lowest BCUT2D eigenvalue weighted by molar-refractivity contribution is -0.143. The van der Waals surface area contributed by atoms with Crippen LogP contribution in [0.2, 0.25) is 0 Å². The summed E-state index contributed by atoms with van der Waals surface area (Å²) in [5.74, 6) is 0.592. The number of nitrogens with one attached hydrogen (secondary N) is 1. The summed E-state index contributed by atoms with van der Waals surface area (Å²) in [7, 11) is 0. The Morgan fingerprint density at radius 3 is 2.94 bits per heavy atom. The second-order valence-corrected chi connectivity index (χ2v) is 4.79. The Morgan fingerprint density at radius 1 is 1.56 bits per heavy atom. The molecule has 0 amide bonds. The van der Waals surface area contributed by atoms with Crippen molar-refractivity contribution in [3.8, 4) is 0 Å². The summed E-state index contributed by atoms with van der Waals surface area (Å²) < 4.78 is 6.85. The van der Waals surface area contributed by atoms with Gasteiger partial charge in [-0.3, -0.25) is 4.79 Å². The fourth-order valence-corrected chi connectivity index (χ4v) is 2.30. The van der Waals surface area contributed by atoms with E-state index in [1.54, 1.807) is 0 Å². The third-order valence-electron chi connectivity index (χ3n) is 3.27. The van der Waals surface area contributed by atoms with Crippen LogP contribution in [0.25, 0.3) is 0 Å². The van der Waals surface area contributed by atoms with Crippen molar-refractivity contribution in [1.29, 1.82) is 0 Å². The molecule has 0 saturated heterocycles. The average molecular weight is 250 g/mol. The Hall–Kier alpha value is -1.29. The third kappa shape index (κ3) is 3.35. The molecule has 1 N–H and O–H groups in total. The Labute approximate surface area is 108 Å². The van der Waals surface area contributed by atoms with E-state index in [0.29, 0.717) is 19.2 Å². The zero-order valence-corrected chi connectivity index (χ0v) is 11.2. The van der Waals surface area contributed by atoms with Gasteiger partial charge in [0.25, 0.3) is 0 Å². The molecule has 1 aromatic heterocycles. The highest BCUT2D eigenvalue weighted by Crippen LogP contribution is 2.40. The number of rotatable bonds is 7. The smallest absolute Gasteiger partial charge is 0.325 e. The van der Waals surface area contributed by atoms with Crippen molar-refractivity contribution < 1.29 is 9.53 Å². The summed E-state index contributed by atoms with van der Waals surface area (Å²) in [6.07, 6.45) is 6.63. The molecule has 1 aliphatic rings. The van der Waals surface area contributed by atoms with Gasteiger partial charge in [0.05, 0.1) is 6.61 Å². The highest BCUT2D eigenvalue weighted by molar-refractivity contribution is 5.69. The molecule has 0 aromatic carbocycles. The molecular formula is C14H22N2O2. The van der Waals surface area contributed by atoms with E-state index in [9.17, 15) is 4.79 Å². The summed E-state index contributed by atoms with van der Waals surface area (Å²) in [5.41, 5.74) is 1.28. The summed E-state index contributed by atoms with van der Waals surface area (Å²) in [4.78, 5) is 11.4. The van der Waals surface area contributed by atoms with Gasteiger partial charge in [-0.15, -0.1) is 0 Å². The van der Waals surface area contributed by atoms with Crippen molar-refractivity contribution in [2.45, 2.75) is 39.3 Å². The van der Waals surface area contributed by atoms with Crippen LogP contribution in [0.4, 0.5) is 0 Å². The van der Waals surface area contributed by atoms with Gasteiger partial charge in [-0.25, -0.2) is 0 Å². The number of aromatic nitrogens is 1. The van der Waals surface area contributed by atoms with E-state index < -0.39 is 0 Å². The molecule has 1 aromatic rings. The van der Waals surface area contributed by atoms with Crippen LogP contribution in [-0.4, -0.2) is 23.7 Å². The minimum atomic E-state index is -0.175. The lowest BCUT2D eigenvalue weighted by Crippen LogP contribution is -2.22. The molecule has 100 valence electrons. The number of carbonyl (C=O) groups is 1. The van der Waals surface area contributed by atoms with Crippen LogP contribution in [0.1, 0.15) is 38.3 Å². The highest BCUT2D eigenvalue weighted by Gasteiger charge is 2.32. The number of hydrogen-bond donors (Lipinski definition) is 1. The monoisotopic (exact) mass is 250 g/mol. The van der Waals surface area contributed by atoms with Crippen molar-refractivity contribution in [3.63, 3.8) is 0 Å². The molecule has 0 spiro atoms. The molecule has 4 heteroatoms. The zero-order chi connectivity index (χ0) is 13.0. The highest BCUT2D eigenvalue weighted by atomic mass is 16.5. The van der Waals surface area contributed by atoms with Crippen LogP contribution < -0.4 is 5.32 Å². The lowest BCUT2D eigenvalue weighted by atomic mass is 10.1. The fourth-order valence-electron chi connectivity index (χ4n) is 2.30. The summed E-state index contributed by atoms with van der Waals surface area (Å²) >= 11 is 0. The molecule has 1 aliphatic carbocycles. The molecule has 1 saturated carbocycles. The van der Waals surface area contributed by atoms with Crippen molar-refractivity contribution in [3.05, 3.63) is 24.0 Å². The number of ether oxygens (including phenoxy) is 1. The van der Waals surface area contributed by atoms with Gasteiger partial charge in [-0.1, -0.05) is 6.92 Å². The molecule has 4 nitrogen and oxygen atoms in total. The quantitative estimate of drug-likeness (QED) is 0.754. The van der Waals surface area contributed by atoms with Crippen LogP contribution in [0.15, 0.2) is 18.5 Å². The molecule has 18 heavy (non-hydrogen) atoms. The third-order valence-corrected chi connectivity index (χ3v) is 3.27. The van der Waals surface area contributed by atoms with E-state index in [0.717, 1.165) is 12.5 Å². The van der Waals surface area contributed by atoms with E-state index in [2.05, 4.69) is 24.5 Å². The molecule has 2 rings (SSSR count). The van der Waals surface area contributed by atoms with Crippen molar-refractivity contribution >= 4 is 5.97 Å². The molecule has 1 atom stereocenters. The molecule has 0 radical (unpaired) electrons. The number of esters is 1. The number of hydrogen-bond acceptors (Lipinski definition) is 3. The van der Waals surface area contributed by atoms with Crippen molar-refractivity contribution in [1.82, 2.24) is 9.88 Å². The maximum Gasteiger partial charge on any atom is 0.325 e. The van der Waals surface area contributed by atoms with Crippen LogP contribution >= 0.6 is 0 Å². The predicted molar refractivity (Wildman–Crippen MR) is 70.2 cm³/mol. The van der Waals surface area contributed by atoms with Gasteiger partial charge in [0.15, 0.2) is 0 Å². The van der Waals surface area contributed by atoms with E-state index in [1.165, 1.54) is 18.4 Å². The van der Waals surface area contributed by atoms with Gasteiger partial charge >= 0.3 is 5.97 Å². The van der Waals surface area contributed by atoms with E-state index >= 15 is 0 Å². The largest absolute Gasteiger partial charge is 0.465 e. The van der Waals surface area contributed by atoms with Crippen LogP contribution in [0, 0.1) is 5.92 Å². The summed E-state index contributed by atoms with van der Waals surface area (Å²) in [5, 5.41) is 3.52. The van der Waals surface area contributed by atoms with Gasteiger partial charge in [0.2, 0.25) is 0 Å². The molecule has 1 unspecified atom stereocenters. The lowest BCUT2D eigenvalue weighted by Gasteiger charge is -2.15. The first kappa shape index (κ1) is 13.1. The first-order valence-electron chi connectivity index (χ1n) is 6.79. The fraction of sp³-hybridized carbons (Fsp3) is 0.643. The predicted octanol–water partition coefficient (Wildman–Crippen LogP) is 2.11. The van der Waals surface area contributed by atoms with Gasteiger partial charge in [-0.05, 0) is 43.9 Å². The molecule has 0 aliphatic heterocycles. The minimum absolute atomic E-state index is 0.175. The Morgan fingerprint density at radius 2 is 2.33 bits per heavy atom. The Bertz CT molecular complexity index is 396. The molecule has 0 bridgehead atoms. The minimum Gasteiger partial charge on any atom is -0.465 e. The van der Waals surface area contributed by atoms with Crippen LogP contribution in [0.5, 0.6) is 0 Å². The number of nitrogens with zero attached hydrogens (tertiary/aromatic N) is 1. The van der Waals surface area contributed by atoms with Crippen molar-refractivity contribution in [2.75, 3.05) is 13.2 Å². The van der Waals surface area contributed by atoms with E-state index in [1.807, 2.05) is 17.7 Å². The van der Waals surface area contributed by atoms with Gasteiger partial charge in [0, 0.05) is 18.4 Å². The first-order valence-corrected chi connectivity index (χ1v) is 6.79. The number of carbonyl (C=O) groups excluding carboxylic acids is 1. The summed E-state index contributed by atoms with van der Waals surface area (Å²) in [6, 6.07) is 2.55. The molecule has 1 fully saturated rings. The molecule has 1 heterocycles. The van der Waals surface area contributed by atoms with Crippen molar-refractivity contribution in [2.24, 2.45) is 5.92 Å². The first-order chi connectivity index (χ1) is 8.74. The Balaban J connectivity index is 1.97. The standard InChI is InChI=1S/C14H22N2O2/c1-3-15-14(11-5-6-11)12-7-8-16(9-12)10-13(17)18-4-2/h7-9,11,14-15H,3-6,10H2,1-2H3. The van der Waals surface area contributed by atoms with E-state index in [-0.39, 0.29) is 5.97 Å². The average Bonchev–Trinajstić information content (AvgIpc) is 3.07. The van der Waals surface area contributed by atoms with E-state index in [4.69, 9.17) is 4.74 Å².